The highest BCUT2D eigenvalue weighted by atomic mass is 32.2. The first-order chi connectivity index (χ1) is 12.8. The van der Waals surface area contributed by atoms with Crippen molar-refractivity contribution in [3.8, 4) is 0 Å². The van der Waals surface area contributed by atoms with Gasteiger partial charge in [0, 0.05) is 51.7 Å². The monoisotopic (exact) mass is 390 g/mol. The topological polar surface area (TPSA) is 57.6 Å². The van der Waals surface area contributed by atoms with Crippen LogP contribution < -0.4 is 4.72 Å². The van der Waals surface area contributed by atoms with Gasteiger partial charge in [-0.3, -0.25) is 4.90 Å². The normalized spacial score (nSPS) is 17.9. The minimum Gasteiger partial charge on any atom is -0.353 e. The van der Waals surface area contributed by atoms with E-state index >= 15 is 0 Å². The Balaban J connectivity index is 1.81. The molecule has 1 N–H and O–H groups in total. The number of aromatic nitrogens is 1. The molecule has 1 aromatic carbocycles. The molecule has 2 aromatic rings. The van der Waals surface area contributed by atoms with Crippen LogP contribution in [0.2, 0.25) is 0 Å². The van der Waals surface area contributed by atoms with Crippen molar-refractivity contribution in [1.82, 2.24) is 19.1 Å². The van der Waals surface area contributed by atoms with Crippen molar-refractivity contribution in [2.24, 2.45) is 7.05 Å². The Morgan fingerprint density at radius 1 is 1.07 bits per heavy atom. The molecule has 7 heteroatoms. The maximum absolute atomic E-state index is 12.9. The van der Waals surface area contributed by atoms with Gasteiger partial charge in [0.05, 0.1) is 10.9 Å². The Hall–Kier alpha value is -1.67. The van der Waals surface area contributed by atoms with Crippen LogP contribution in [0.3, 0.4) is 0 Å². The van der Waals surface area contributed by atoms with Crippen molar-refractivity contribution in [2.45, 2.75) is 24.8 Å². The summed E-state index contributed by atoms with van der Waals surface area (Å²) in [6, 6.07) is 9.55. The van der Waals surface area contributed by atoms with Crippen LogP contribution in [-0.4, -0.2) is 62.6 Å². The molecule has 148 valence electrons. The second-order valence-corrected chi connectivity index (χ2v) is 9.26. The van der Waals surface area contributed by atoms with Crippen molar-refractivity contribution < 1.29 is 8.42 Å². The largest absolute Gasteiger partial charge is 0.353 e. The molecular formula is C20H30N4O2S. The quantitative estimate of drug-likeness (QED) is 0.819. The van der Waals surface area contributed by atoms with Crippen LogP contribution in [0.4, 0.5) is 0 Å². The SMILES string of the molecule is Cc1ccc(S(=O)(=O)NCC(c2cccn2C)N2CCN(C)CC2)c(C)c1. The highest BCUT2D eigenvalue weighted by Crippen LogP contribution is 2.23. The van der Waals surface area contributed by atoms with Crippen LogP contribution in [0.15, 0.2) is 41.4 Å². The van der Waals surface area contributed by atoms with E-state index in [1.807, 2.05) is 45.3 Å². The lowest BCUT2D eigenvalue weighted by Crippen LogP contribution is -2.48. The van der Waals surface area contributed by atoms with E-state index in [0.717, 1.165) is 43.0 Å². The minimum atomic E-state index is -3.55. The molecule has 2 heterocycles. The fourth-order valence-electron chi connectivity index (χ4n) is 3.74. The number of rotatable bonds is 6. The van der Waals surface area contributed by atoms with Crippen LogP contribution in [0.1, 0.15) is 22.9 Å². The lowest BCUT2D eigenvalue weighted by molar-refractivity contribution is 0.109. The van der Waals surface area contributed by atoms with Crippen molar-refractivity contribution in [1.29, 1.82) is 0 Å². The summed E-state index contributed by atoms with van der Waals surface area (Å²) in [5, 5.41) is 0. The molecule has 1 atom stereocenters. The van der Waals surface area contributed by atoms with Crippen molar-refractivity contribution in [2.75, 3.05) is 39.8 Å². The first-order valence-corrected chi connectivity index (χ1v) is 10.9. The van der Waals surface area contributed by atoms with Gasteiger partial charge in [-0.1, -0.05) is 17.7 Å². The number of hydrogen-bond donors (Lipinski definition) is 1. The summed E-state index contributed by atoms with van der Waals surface area (Å²) in [5.41, 5.74) is 2.96. The molecular weight excluding hydrogens is 360 g/mol. The molecule has 1 aromatic heterocycles. The van der Waals surface area contributed by atoms with Gasteiger partial charge in [-0.15, -0.1) is 0 Å². The van der Waals surface area contributed by atoms with Gasteiger partial charge in [0.25, 0.3) is 0 Å². The number of hydrogen-bond acceptors (Lipinski definition) is 4. The summed E-state index contributed by atoms with van der Waals surface area (Å²) in [6.07, 6.45) is 2.01. The molecule has 0 spiro atoms. The number of benzene rings is 1. The highest BCUT2D eigenvalue weighted by Gasteiger charge is 2.27. The minimum absolute atomic E-state index is 0.0132. The average molecular weight is 391 g/mol. The summed E-state index contributed by atoms with van der Waals surface area (Å²) in [7, 11) is 0.581. The van der Waals surface area contributed by atoms with E-state index < -0.39 is 10.0 Å². The predicted molar refractivity (Wildman–Crippen MR) is 108 cm³/mol. The number of nitrogens with zero attached hydrogens (tertiary/aromatic N) is 3. The number of likely N-dealkylation sites (N-methyl/N-ethyl adjacent to an activating group) is 1. The Labute approximate surface area is 162 Å². The first-order valence-electron chi connectivity index (χ1n) is 9.38. The number of sulfonamides is 1. The average Bonchev–Trinajstić information content (AvgIpc) is 3.02. The number of piperazine rings is 1. The maximum atomic E-state index is 12.9. The van der Waals surface area contributed by atoms with Crippen LogP contribution in [0.5, 0.6) is 0 Å². The van der Waals surface area contributed by atoms with Gasteiger partial charge in [-0.05, 0) is 44.7 Å². The summed E-state index contributed by atoms with van der Waals surface area (Å²) >= 11 is 0. The third-order valence-electron chi connectivity index (χ3n) is 5.39. The van der Waals surface area contributed by atoms with Crippen LogP contribution in [0, 0.1) is 13.8 Å². The van der Waals surface area contributed by atoms with E-state index in [1.165, 1.54) is 0 Å². The Morgan fingerprint density at radius 3 is 2.37 bits per heavy atom. The predicted octanol–water partition coefficient (Wildman–Crippen LogP) is 1.91. The summed E-state index contributed by atoms with van der Waals surface area (Å²) in [4.78, 5) is 5.04. The van der Waals surface area contributed by atoms with Gasteiger partial charge >= 0.3 is 0 Å². The second kappa shape index (κ2) is 8.14. The van der Waals surface area contributed by atoms with Gasteiger partial charge in [0.2, 0.25) is 10.0 Å². The summed E-state index contributed by atoms with van der Waals surface area (Å²) in [5.74, 6) is 0. The van der Waals surface area contributed by atoms with Gasteiger partial charge in [0.1, 0.15) is 0 Å². The molecule has 0 saturated carbocycles. The molecule has 0 aliphatic carbocycles. The first kappa shape index (κ1) is 20.1. The molecule has 6 nitrogen and oxygen atoms in total. The fourth-order valence-corrected chi connectivity index (χ4v) is 5.00. The van der Waals surface area contributed by atoms with Crippen LogP contribution in [-0.2, 0) is 17.1 Å². The third kappa shape index (κ3) is 4.60. The summed E-state index contributed by atoms with van der Waals surface area (Å²) in [6.45, 7) is 8.01. The Bertz CT molecular complexity index is 883. The van der Waals surface area contributed by atoms with E-state index in [1.54, 1.807) is 6.07 Å². The standard InChI is InChI=1S/C20H30N4O2S/c1-16-7-8-20(17(2)14-16)27(25,26)21-15-19(18-6-5-9-23(18)4)24-12-10-22(3)11-13-24/h5-9,14,19,21H,10-13,15H2,1-4H3. The van der Waals surface area contributed by atoms with Gasteiger partial charge in [-0.2, -0.15) is 0 Å². The molecule has 1 fully saturated rings. The Morgan fingerprint density at radius 2 is 1.78 bits per heavy atom. The van der Waals surface area contributed by atoms with E-state index in [9.17, 15) is 8.42 Å². The zero-order valence-corrected chi connectivity index (χ0v) is 17.5. The molecule has 1 aliphatic heterocycles. The molecule has 27 heavy (non-hydrogen) atoms. The van der Waals surface area contributed by atoms with E-state index in [0.29, 0.717) is 11.4 Å². The van der Waals surface area contributed by atoms with Crippen LogP contribution in [0.25, 0.3) is 0 Å². The van der Waals surface area contributed by atoms with Crippen molar-refractivity contribution in [3.63, 3.8) is 0 Å². The molecule has 0 radical (unpaired) electrons. The van der Waals surface area contributed by atoms with Crippen LogP contribution >= 0.6 is 0 Å². The maximum Gasteiger partial charge on any atom is 0.240 e. The van der Waals surface area contributed by atoms with Gasteiger partial charge in [0.15, 0.2) is 0 Å². The van der Waals surface area contributed by atoms with Gasteiger partial charge < -0.3 is 9.47 Å². The smallest absolute Gasteiger partial charge is 0.240 e. The molecule has 0 amide bonds. The third-order valence-corrected chi connectivity index (χ3v) is 6.97. The molecule has 1 unspecified atom stereocenters. The molecule has 1 saturated heterocycles. The number of nitrogens with one attached hydrogen (secondary N) is 1. The fraction of sp³-hybridized carbons (Fsp3) is 0.500. The second-order valence-electron chi connectivity index (χ2n) is 7.52. The Kier molecular flexibility index (Phi) is 6.05. The highest BCUT2D eigenvalue weighted by molar-refractivity contribution is 7.89. The number of aryl methyl sites for hydroxylation is 3. The lowest BCUT2D eigenvalue weighted by atomic mass is 10.1. The van der Waals surface area contributed by atoms with Crippen molar-refractivity contribution in [3.05, 3.63) is 53.3 Å². The molecule has 3 rings (SSSR count). The van der Waals surface area contributed by atoms with E-state index in [-0.39, 0.29) is 6.04 Å². The zero-order valence-electron chi connectivity index (χ0n) is 16.6. The summed E-state index contributed by atoms with van der Waals surface area (Å²) < 4.78 is 30.8. The zero-order chi connectivity index (χ0) is 19.6. The molecule has 0 bridgehead atoms. The molecule has 1 aliphatic rings. The lowest BCUT2D eigenvalue weighted by Gasteiger charge is -2.38. The van der Waals surface area contributed by atoms with E-state index in [2.05, 4.69) is 32.2 Å². The van der Waals surface area contributed by atoms with E-state index in [4.69, 9.17) is 0 Å². The van der Waals surface area contributed by atoms with Gasteiger partial charge in [-0.25, -0.2) is 13.1 Å². The van der Waals surface area contributed by atoms with Crippen molar-refractivity contribution >= 4 is 10.0 Å².